The van der Waals surface area contributed by atoms with Gasteiger partial charge in [0.05, 0.1) is 5.52 Å². The average molecular weight is 286 g/mol. The summed E-state index contributed by atoms with van der Waals surface area (Å²) in [4.78, 5) is 4.40. The average Bonchev–Trinajstić information content (AvgIpc) is 2.52. The van der Waals surface area contributed by atoms with Crippen molar-refractivity contribution in [3.8, 4) is 5.75 Å². The molecule has 0 amide bonds. The van der Waals surface area contributed by atoms with E-state index in [1.807, 2.05) is 30.5 Å². The highest BCUT2D eigenvalue weighted by molar-refractivity contribution is 5.84. The Morgan fingerprint density at radius 2 is 2.00 bits per heavy atom. The molecule has 2 aromatic rings. The summed E-state index contributed by atoms with van der Waals surface area (Å²) in [6.07, 6.45) is 5.30. The van der Waals surface area contributed by atoms with Crippen molar-refractivity contribution in [3.63, 3.8) is 0 Å². The van der Waals surface area contributed by atoms with Crippen LogP contribution in [0, 0.1) is 0 Å². The lowest BCUT2D eigenvalue weighted by Gasteiger charge is -2.28. The van der Waals surface area contributed by atoms with Gasteiger partial charge in [0.15, 0.2) is 0 Å². The highest BCUT2D eigenvalue weighted by atomic mass is 16.5. The van der Waals surface area contributed by atoms with Gasteiger partial charge in [-0.15, -0.1) is 0 Å². The maximum absolute atomic E-state index is 6.34. The Morgan fingerprint density at radius 3 is 2.71 bits per heavy atom. The number of nitrogens with zero attached hydrogens (tertiary/aromatic N) is 1. The Morgan fingerprint density at radius 1 is 1.14 bits per heavy atom. The summed E-state index contributed by atoms with van der Waals surface area (Å²) in [5.41, 5.74) is 0.986. The van der Waals surface area contributed by atoms with Gasteiger partial charge in [0.1, 0.15) is 11.9 Å². The largest absolute Gasteiger partial charge is 0.488 e. The smallest absolute Gasteiger partial charge is 0.129 e. The van der Waals surface area contributed by atoms with Crippen LogP contribution in [0.4, 0.5) is 0 Å². The third kappa shape index (κ3) is 3.94. The van der Waals surface area contributed by atoms with Gasteiger partial charge in [0, 0.05) is 17.6 Å². The van der Waals surface area contributed by atoms with E-state index in [4.69, 9.17) is 4.74 Å². The molecule has 0 aliphatic carbocycles. The van der Waals surface area contributed by atoms with Crippen LogP contribution in [0.5, 0.6) is 5.75 Å². The molecule has 2 unspecified atom stereocenters. The van der Waals surface area contributed by atoms with Crippen LogP contribution in [0.15, 0.2) is 36.5 Å². The molecule has 1 N–H and O–H groups in total. The van der Waals surface area contributed by atoms with Crippen molar-refractivity contribution in [3.05, 3.63) is 36.5 Å². The summed E-state index contributed by atoms with van der Waals surface area (Å²) in [6, 6.07) is 10.5. The monoisotopic (exact) mass is 286 g/mol. The molecule has 3 heteroatoms. The highest BCUT2D eigenvalue weighted by Gasteiger charge is 2.20. The van der Waals surface area contributed by atoms with Gasteiger partial charge < -0.3 is 10.1 Å². The number of aromatic nitrogens is 1. The van der Waals surface area contributed by atoms with Crippen molar-refractivity contribution >= 4 is 10.9 Å². The number of pyridine rings is 1. The fraction of sp³-hybridized carbons (Fsp3) is 0.500. The molecular formula is C18H26N2O. The Balaban J connectivity index is 2.23. The Kier molecular flexibility index (Phi) is 6.00. The first-order valence-corrected chi connectivity index (χ1v) is 8.03. The molecule has 0 aliphatic rings. The van der Waals surface area contributed by atoms with Crippen molar-refractivity contribution in [1.29, 1.82) is 0 Å². The first kappa shape index (κ1) is 15.8. The third-order valence-corrected chi connectivity index (χ3v) is 3.80. The lowest BCUT2D eigenvalue weighted by molar-refractivity contribution is 0.145. The topological polar surface area (TPSA) is 34.1 Å². The molecular weight excluding hydrogens is 260 g/mol. The highest BCUT2D eigenvalue weighted by Crippen LogP contribution is 2.26. The number of hydrogen-bond acceptors (Lipinski definition) is 3. The van der Waals surface area contributed by atoms with Gasteiger partial charge in [0.2, 0.25) is 0 Å². The second-order valence-corrected chi connectivity index (χ2v) is 5.34. The molecule has 0 bridgehead atoms. The van der Waals surface area contributed by atoms with Gasteiger partial charge in [-0.25, -0.2) is 0 Å². The molecule has 2 rings (SSSR count). The number of fused-ring (bicyclic) bond motifs is 1. The summed E-state index contributed by atoms with van der Waals surface area (Å²) < 4.78 is 6.34. The fourth-order valence-corrected chi connectivity index (χ4v) is 2.78. The molecule has 0 radical (unpaired) electrons. The van der Waals surface area contributed by atoms with Crippen molar-refractivity contribution in [2.24, 2.45) is 0 Å². The van der Waals surface area contributed by atoms with Crippen LogP contribution in [0.1, 0.15) is 40.0 Å². The number of nitrogens with one attached hydrogen (secondary N) is 1. The molecule has 0 fully saturated rings. The summed E-state index contributed by atoms with van der Waals surface area (Å²) in [7, 11) is 0. The molecule has 0 aliphatic heterocycles. The van der Waals surface area contributed by atoms with Gasteiger partial charge >= 0.3 is 0 Å². The summed E-state index contributed by atoms with van der Waals surface area (Å²) in [6.45, 7) is 7.53. The van der Waals surface area contributed by atoms with E-state index in [0.717, 1.165) is 42.5 Å². The second-order valence-electron chi connectivity index (χ2n) is 5.34. The quantitative estimate of drug-likeness (QED) is 0.791. The minimum Gasteiger partial charge on any atom is -0.488 e. The second kappa shape index (κ2) is 7.99. The predicted octanol–water partition coefficient (Wildman–Crippen LogP) is 4.17. The normalized spacial score (nSPS) is 14.0. The molecule has 114 valence electrons. The standard InChI is InChI=1S/C18H26N2O/c1-4-9-16(19-6-3)17(5-2)21-18-12-7-11-15-14(18)10-8-13-20-15/h7-8,10-13,16-17,19H,4-6,9H2,1-3H3. The van der Waals surface area contributed by atoms with Crippen molar-refractivity contribution < 1.29 is 4.74 Å². The van der Waals surface area contributed by atoms with Crippen molar-refractivity contribution in [2.45, 2.75) is 52.2 Å². The molecule has 2 atom stereocenters. The number of hydrogen-bond donors (Lipinski definition) is 1. The molecule has 1 heterocycles. The molecule has 3 nitrogen and oxygen atoms in total. The minimum absolute atomic E-state index is 0.190. The van der Waals surface area contributed by atoms with Crippen LogP contribution in [0.2, 0.25) is 0 Å². The van der Waals surface area contributed by atoms with E-state index in [2.05, 4.69) is 37.1 Å². The van der Waals surface area contributed by atoms with E-state index >= 15 is 0 Å². The lowest BCUT2D eigenvalue weighted by atomic mass is 10.0. The summed E-state index contributed by atoms with van der Waals surface area (Å²) in [5.74, 6) is 0.937. The zero-order chi connectivity index (χ0) is 15.1. The first-order valence-electron chi connectivity index (χ1n) is 8.03. The zero-order valence-corrected chi connectivity index (χ0v) is 13.3. The van der Waals surface area contributed by atoms with E-state index in [1.165, 1.54) is 0 Å². The van der Waals surface area contributed by atoms with E-state index < -0.39 is 0 Å². The number of benzene rings is 1. The SMILES string of the molecule is CCCC(NCC)C(CC)Oc1cccc2ncccc12. The third-order valence-electron chi connectivity index (χ3n) is 3.80. The van der Waals surface area contributed by atoms with Gasteiger partial charge in [-0.2, -0.15) is 0 Å². The lowest BCUT2D eigenvalue weighted by Crippen LogP contribution is -2.42. The summed E-state index contributed by atoms with van der Waals surface area (Å²) >= 11 is 0. The maximum Gasteiger partial charge on any atom is 0.129 e. The van der Waals surface area contributed by atoms with Gasteiger partial charge in [0.25, 0.3) is 0 Å². The Labute approximate surface area is 127 Å². The minimum atomic E-state index is 0.190. The first-order chi connectivity index (χ1) is 10.3. The van der Waals surface area contributed by atoms with Crippen LogP contribution in [0.25, 0.3) is 10.9 Å². The predicted molar refractivity (Wildman–Crippen MR) is 88.8 cm³/mol. The fourth-order valence-electron chi connectivity index (χ4n) is 2.78. The van der Waals surface area contributed by atoms with Crippen LogP contribution in [-0.4, -0.2) is 23.7 Å². The van der Waals surface area contributed by atoms with Gasteiger partial charge in [-0.1, -0.05) is 33.3 Å². The molecule has 0 saturated carbocycles. The van der Waals surface area contributed by atoms with E-state index in [0.29, 0.717) is 6.04 Å². The van der Waals surface area contributed by atoms with Crippen molar-refractivity contribution in [1.82, 2.24) is 10.3 Å². The van der Waals surface area contributed by atoms with Crippen molar-refractivity contribution in [2.75, 3.05) is 6.54 Å². The van der Waals surface area contributed by atoms with Gasteiger partial charge in [-0.3, -0.25) is 4.98 Å². The van der Waals surface area contributed by atoms with E-state index in [-0.39, 0.29) is 6.10 Å². The maximum atomic E-state index is 6.34. The molecule has 0 spiro atoms. The van der Waals surface area contributed by atoms with Crippen LogP contribution >= 0.6 is 0 Å². The summed E-state index contributed by atoms with van der Waals surface area (Å²) in [5, 5.41) is 4.65. The van der Waals surface area contributed by atoms with E-state index in [9.17, 15) is 0 Å². The van der Waals surface area contributed by atoms with Gasteiger partial charge in [-0.05, 0) is 43.7 Å². The van der Waals surface area contributed by atoms with E-state index in [1.54, 1.807) is 0 Å². The number of likely N-dealkylation sites (N-methyl/N-ethyl adjacent to an activating group) is 1. The zero-order valence-electron chi connectivity index (χ0n) is 13.3. The Bertz CT molecular complexity index is 544. The molecule has 1 aromatic heterocycles. The van der Waals surface area contributed by atoms with Crippen LogP contribution < -0.4 is 10.1 Å². The number of ether oxygens (including phenoxy) is 1. The molecule has 21 heavy (non-hydrogen) atoms. The Hall–Kier alpha value is -1.61. The number of rotatable bonds is 8. The van der Waals surface area contributed by atoms with Crippen LogP contribution in [0.3, 0.4) is 0 Å². The van der Waals surface area contributed by atoms with Crippen LogP contribution in [-0.2, 0) is 0 Å². The molecule has 1 aromatic carbocycles. The molecule has 0 saturated heterocycles.